The second kappa shape index (κ2) is 11.3. The van der Waals surface area contributed by atoms with Gasteiger partial charge in [-0.2, -0.15) is 0 Å². The van der Waals surface area contributed by atoms with E-state index in [2.05, 4.69) is 33.5 Å². The van der Waals surface area contributed by atoms with E-state index in [-0.39, 0.29) is 25.0 Å². The van der Waals surface area contributed by atoms with Gasteiger partial charge in [-0.1, -0.05) is 17.7 Å². The van der Waals surface area contributed by atoms with E-state index < -0.39 is 6.10 Å². The molecule has 1 aliphatic rings. The van der Waals surface area contributed by atoms with Gasteiger partial charge in [0.2, 0.25) is 5.91 Å². The van der Waals surface area contributed by atoms with Gasteiger partial charge in [0.25, 0.3) is 5.91 Å². The highest BCUT2D eigenvalue weighted by Crippen LogP contribution is 2.22. The maximum Gasteiger partial charge on any atom is 0.258 e. The van der Waals surface area contributed by atoms with E-state index in [1.165, 1.54) is 30.5 Å². The molecule has 8 nitrogen and oxygen atoms in total. The fourth-order valence-corrected chi connectivity index (χ4v) is 3.17. The van der Waals surface area contributed by atoms with Crippen LogP contribution in [0.4, 0.5) is 5.69 Å². The highest BCUT2D eigenvalue weighted by molar-refractivity contribution is 5.90. The van der Waals surface area contributed by atoms with E-state index in [1.807, 2.05) is 13.0 Å². The number of nitrogens with zero attached hydrogens (tertiary/aromatic N) is 2. The molecule has 0 fully saturated rings. The van der Waals surface area contributed by atoms with Crippen molar-refractivity contribution in [1.29, 1.82) is 0 Å². The Morgan fingerprint density at radius 1 is 1.45 bits per heavy atom. The van der Waals surface area contributed by atoms with Gasteiger partial charge >= 0.3 is 0 Å². The van der Waals surface area contributed by atoms with Crippen LogP contribution in [-0.2, 0) is 9.59 Å². The molecule has 1 atom stereocenters. The maximum atomic E-state index is 12.0. The Kier molecular flexibility index (Phi) is 8.82. The van der Waals surface area contributed by atoms with Crippen molar-refractivity contribution in [2.45, 2.75) is 33.3 Å². The Morgan fingerprint density at radius 2 is 2.24 bits per heavy atom. The summed E-state index contributed by atoms with van der Waals surface area (Å²) in [7, 11) is 0. The van der Waals surface area contributed by atoms with Crippen molar-refractivity contribution in [1.82, 2.24) is 15.2 Å². The van der Waals surface area contributed by atoms with Crippen molar-refractivity contribution in [3.05, 3.63) is 41.8 Å². The van der Waals surface area contributed by atoms with Gasteiger partial charge in [0.15, 0.2) is 12.4 Å². The largest absolute Gasteiger partial charge is 0.480 e. The molecule has 0 aliphatic carbocycles. The van der Waals surface area contributed by atoms with Crippen LogP contribution in [0.2, 0.25) is 0 Å². The number of hydrogen-bond acceptors (Lipinski definition) is 6. The van der Waals surface area contributed by atoms with Crippen molar-refractivity contribution in [2.24, 2.45) is 0 Å². The first-order chi connectivity index (χ1) is 13.9. The first-order valence-electron chi connectivity index (χ1n) is 9.72. The molecular weight excluding hydrogens is 372 g/mol. The molecule has 0 saturated heterocycles. The lowest BCUT2D eigenvalue weighted by atomic mass is 10.0. The number of hydrogen-bond donors (Lipinski definition) is 3. The van der Waals surface area contributed by atoms with E-state index >= 15 is 0 Å². The molecule has 29 heavy (non-hydrogen) atoms. The minimum Gasteiger partial charge on any atom is -0.480 e. The maximum absolute atomic E-state index is 12.0. The molecule has 158 valence electrons. The third-order valence-corrected chi connectivity index (χ3v) is 4.53. The molecule has 0 spiro atoms. The second-order valence-corrected chi connectivity index (χ2v) is 7.09. The molecule has 2 rings (SSSR count). The number of β-amino-alcohol motifs (C(OH)–C–C–N with tert-alkyl or cyclic N) is 1. The molecule has 1 unspecified atom stereocenters. The molecule has 1 aromatic heterocycles. The SMILES string of the molecule is C/C=C\C1=C(C)CN(CC(O)CNC(=O)COc2cnccc2NC(C)=O)CC1. The first kappa shape index (κ1) is 22.6. The zero-order valence-electron chi connectivity index (χ0n) is 17.3. The zero-order chi connectivity index (χ0) is 21.2. The number of aliphatic hydroxyl groups excluding tert-OH is 1. The van der Waals surface area contributed by atoms with Crippen LogP contribution in [0.3, 0.4) is 0 Å². The summed E-state index contributed by atoms with van der Waals surface area (Å²) in [5, 5.41) is 15.5. The molecule has 0 bridgehead atoms. The number of aliphatic hydroxyl groups is 1. The summed E-state index contributed by atoms with van der Waals surface area (Å²) in [6.45, 7) is 7.63. The van der Waals surface area contributed by atoms with Crippen LogP contribution in [0.5, 0.6) is 5.75 Å². The fourth-order valence-electron chi connectivity index (χ4n) is 3.17. The molecule has 0 aromatic carbocycles. The minimum atomic E-state index is -0.664. The first-order valence-corrected chi connectivity index (χ1v) is 9.72. The smallest absolute Gasteiger partial charge is 0.258 e. The summed E-state index contributed by atoms with van der Waals surface area (Å²) in [4.78, 5) is 29.4. The third-order valence-electron chi connectivity index (χ3n) is 4.53. The van der Waals surface area contributed by atoms with Crippen LogP contribution < -0.4 is 15.4 Å². The lowest BCUT2D eigenvalue weighted by Crippen LogP contribution is -2.43. The number of ether oxygens (including phenoxy) is 1. The monoisotopic (exact) mass is 402 g/mol. The predicted molar refractivity (Wildman–Crippen MR) is 112 cm³/mol. The standard InChI is InChI=1S/C21H30N4O4/c1-4-5-17-7-9-25(12-15(17)2)13-18(27)10-23-21(28)14-29-20-11-22-8-6-19(20)24-16(3)26/h4-6,8,11,18,27H,7,9-10,12-14H2,1-3H3,(H,23,28)(H,22,24,26)/b5-4-. The number of allylic oxidation sites excluding steroid dienone is 2. The fraction of sp³-hybridized carbons (Fsp3) is 0.476. The van der Waals surface area contributed by atoms with Crippen LogP contribution in [0.15, 0.2) is 41.8 Å². The molecular formula is C21H30N4O4. The average Bonchev–Trinajstić information content (AvgIpc) is 2.67. The second-order valence-electron chi connectivity index (χ2n) is 7.09. The van der Waals surface area contributed by atoms with E-state index in [1.54, 1.807) is 6.07 Å². The number of carbonyl (C=O) groups is 2. The van der Waals surface area contributed by atoms with Gasteiger partial charge < -0.3 is 20.5 Å². The number of anilines is 1. The number of pyridine rings is 1. The minimum absolute atomic E-state index is 0.148. The molecule has 0 saturated carbocycles. The summed E-state index contributed by atoms with van der Waals surface area (Å²) >= 11 is 0. The summed E-state index contributed by atoms with van der Waals surface area (Å²) in [5.74, 6) is -0.285. The van der Waals surface area contributed by atoms with Gasteiger partial charge in [0.1, 0.15) is 0 Å². The number of nitrogens with one attached hydrogen (secondary N) is 2. The quantitative estimate of drug-likeness (QED) is 0.578. The van der Waals surface area contributed by atoms with Gasteiger partial charge in [-0.25, -0.2) is 0 Å². The Bertz CT molecular complexity index is 776. The van der Waals surface area contributed by atoms with E-state index in [0.717, 1.165) is 19.5 Å². The van der Waals surface area contributed by atoms with Crippen LogP contribution in [0, 0.1) is 0 Å². The van der Waals surface area contributed by atoms with Gasteiger partial charge in [-0.05, 0) is 31.9 Å². The van der Waals surface area contributed by atoms with Gasteiger partial charge in [-0.15, -0.1) is 0 Å². The summed E-state index contributed by atoms with van der Waals surface area (Å²) < 4.78 is 5.44. The molecule has 1 aromatic rings. The number of aromatic nitrogens is 1. The molecule has 1 aliphatic heterocycles. The summed E-state index contributed by atoms with van der Waals surface area (Å²) in [6.07, 6.45) is 7.44. The van der Waals surface area contributed by atoms with Crippen molar-refractivity contribution in [3.63, 3.8) is 0 Å². The van der Waals surface area contributed by atoms with Crippen molar-refractivity contribution < 1.29 is 19.4 Å². The summed E-state index contributed by atoms with van der Waals surface area (Å²) in [5.41, 5.74) is 3.12. The normalized spacial score (nSPS) is 16.0. The number of rotatable bonds is 9. The Labute approximate surface area is 171 Å². The molecule has 8 heteroatoms. The van der Waals surface area contributed by atoms with Gasteiger partial charge in [-0.3, -0.25) is 19.5 Å². The molecule has 0 radical (unpaired) electrons. The van der Waals surface area contributed by atoms with E-state index in [0.29, 0.717) is 18.0 Å². The average molecular weight is 402 g/mol. The van der Waals surface area contributed by atoms with E-state index in [4.69, 9.17) is 4.74 Å². The zero-order valence-corrected chi connectivity index (χ0v) is 17.3. The summed E-state index contributed by atoms with van der Waals surface area (Å²) in [6, 6.07) is 1.59. The highest BCUT2D eigenvalue weighted by Gasteiger charge is 2.18. The van der Waals surface area contributed by atoms with Crippen molar-refractivity contribution in [2.75, 3.05) is 38.1 Å². The Hall–Kier alpha value is -2.71. The molecule has 2 amide bonds. The Morgan fingerprint density at radius 3 is 2.93 bits per heavy atom. The molecule has 2 heterocycles. The lowest BCUT2D eigenvalue weighted by molar-refractivity contribution is -0.123. The van der Waals surface area contributed by atoms with Crippen molar-refractivity contribution >= 4 is 17.5 Å². The van der Waals surface area contributed by atoms with Crippen LogP contribution in [0.1, 0.15) is 27.2 Å². The topological polar surface area (TPSA) is 104 Å². The van der Waals surface area contributed by atoms with Crippen LogP contribution >= 0.6 is 0 Å². The van der Waals surface area contributed by atoms with Gasteiger partial charge in [0, 0.05) is 39.3 Å². The van der Waals surface area contributed by atoms with Crippen molar-refractivity contribution in [3.8, 4) is 5.75 Å². The Balaban J connectivity index is 1.74. The van der Waals surface area contributed by atoms with Gasteiger partial charge in [0.05, 0.1) is 18.0 Å². The molecule has 3 N–H and O–H groups in total. The highest BCUT2D eigenvalue weighted by atomic mass is 16.5. The predicted octanol–water partition coefficient (Wildman–Crippen LogP) is 1.49. The van der Waals surface area contributed by atoms with Crippen LogP contribution in [0.25, 0.3) is 0 Å². The number of amides is 2. The third kappa shape index (κ3) is 7.67. The van der Waals surface area contributed by atoms with Crippen LogP contribution in [-0.4, -0.2) is 65.7 Å². The number of carbonyl (C=O) groups excluding carboxylic acids is 2. The van der Waals surface area contributed by atoms with E-state index in [9.17, 15) is 14.7 Å². The lowest BCUT2D eigenvalue weighted by Gasteiger charge is -2.30.